The van der Waals surface area contributed by atoms with E-state index < -0.39 is 0 Å². The third kappa shape index (κ3) is 4.26. The normalized spacial score (nSPS) is 11.7. The molecule has 1 amide bonds. The molecule has 1 atom stereocenters. The number of benzene rings is 2. The maximum Gasteiger partial charge on any atom is 0.254 e. The molecular formula is C19H25ClN2O. The Morgan fingerprint density at radius 3 is 2.26 bits per heavy atom. The average Bonchev–Trinajstić information content (AvgIpc) is 2.50. The number of carbonyl (C=O) groups excluding carboxylic acids is 1. The minimum atomic E-state index is 0. The zero-order valence-electron chi connectivity index (χ0n) is 14.1. The van der Waals surface area contributed by atoms with Crippen LogP contribution in [0.3, 0.4) is 0 Å². The summed E-state index contributed by atoms with van der Waals surface area (Å²) in [5, 5.41) is 0. The van der Waals surface area contributed by atoms with Gasteiger partial charge in [0.1, 0.15) is 0 Å². The molecule has 2 rings (SSSR count). The van der Waals surface area contributed by atoms with Crippen LogP contribution in [0.25, 0.3) is 0 Å². The van der Waals surface area contributed by atoms with Gasteiger partial charge in [0.2, 0.25) is 0 Å². The second-order valence-corrected chi connectivity index (χ2v) is 6.09. The van der Waals surface area contributed by atoms with Crippen molar-refractivity contribution in [3.8, 4) is 0 Å². The maximum atomic E-state index is 12.9. The molecule has 124 valence electrons. The monoisotopic (exact) mass is 332 g/mol. The number of halogens is 1. The summed E-state index contributed by atoms with van der Waals surface area (Å²) in [6, 6.07) is 15.7. The largest absolute Gasteiger partial charge is 0.399 e. The van der Waals surface area contributed by atoms with E-state index in [1.807, 2.05) is 49.2 Å². The van der Waals surface area contributed by atoms with Crippen LogP contribution in [0, 0.1) is 12.8 Å². The first-order valence-electron chi connectivity index (χ1n) is 7.60. The van der Waals surface area contributed by atoms with E-state index in [-0.39, 0.29) is 24.4 Å². The van der Waals surface area contributed by atoms with Crippen LogP contribution in [-0.2, 0) is 0 Å². The second-order valence-electron chi connectivity index (χ2n) is 6.09. The van der Waals surface area contributed by atoms with Crippen molar-refractivity contribution < 1.29 is 4.79 Å². The summed E-state index contributed by atoms with van der Waals surface area (Å²) in [4.78, 5) is 14.7. The van der Waals surface area contributed by atoms with Gasteiger partial charge in [-0.25, -0.2) is 0 Å². The van der Waals surface area contributed by atoms with Crippen LogP contribution in [0.4, 0.5) is 5.69 Å². The molecule has 3 nitrogen and oxygen atoms in total. The fourth-order valence-corrected chi connectivity index (χ4v) is 2.89. The summed E-state index contributed by atoms with van der Waals surface area (Å²) in [5.41, 5.74) is 9.22. The number of aryl methyl sites for hydroxylation is 1. The van der Waals surface area contributed by atoms with Crippen LogP contribution >= 0.6 is 12.4 Å². The van der Waals surface area contributed by atoms with Gasteiger partial charge in [-0.3, -0.25) is 4.79 Å². The quantitative estimate of drug-likeness (QED) is 0.840. The molecule has 0 aromatic heterocycles. The topological polar surface area (TPSA) is 46.3 Å². The lowest BCUT2D eigenvalue weighted by atomic mass is 9.94. The van der Waals surface area contributed by atoms with Crippen molar-refractivity contribution in [2.75, 3.05) is 12.8 Å². The van der Waals surface area contributed by atoms with Gasteiger partial charge in [0.25, 0.3) is 5.91 Å². The van der Waals surface area contributed by atoms with E-state index >= 15 is 0 Å². The summed E-state index contributed by atoms with van der Waals surface area (Å²) >= 11 is 0. The Labute approximate surface area is 144 Å². The zero-order chi connectivity index (χ0) is 16.3. The van der Waals surface area contributed by atoms with E-state index in [2.05, 4.69) is 26.0 Å². The molecule has 23 heavy (non-hydrogen) atoms. The molecule has 0 aliphatic heterocycles. The lowest BCUT2D eigenvalue weighted by Crippen LogP contribution is -2.34. The van der Waals surface area contributed by atoms with Crippen LogP contribution < -0.4 is 5.73 Å². The summed E-state index contributed by atoms with van der Waals surface area (Å²) in [5.74, 6) is 0.324. The standard InChI is InChI=1S/C19H24N2O.ClH/c1-13(2)18(15-8-6-5-7-9-15)21(4)19(22)17-12-16(20)11-10-14(17)3;/h5-13,18H,20H2,1-4H3;1H. The molecule has 4 heteroatoms. The van der Waals surface area contributed by atoms with E-state index in [4.69, 9.17) is 5.73 Å². The molecule has 0 saturated carbocycles. The molecule has 0 fully saturated rings. The molecule has 2 aromatic rings. The predicted molar refractivity (Wildman–Crippen MR) is 99.0 cm³/mol. The minimum absolute atomic E-state index is 0. The van der Waals surface area contributed by atoms with Gasteiger partial charge in [-0.1, -0.05) is 50.2 Å². The van der Waals surface area contributed by atoms with Gasteiger partial charge in [-0.15, -0.1) is 12.4 Å². The summed E-state index contributed by atoms with van der Waals surface area (Å²) in [7, 11) is 1.86. The van der Waals surface area contributed by atoms with Crippen LogP contribution in [0.2, 0.25) is 0 Å². The molecule has 0 saturated heterocycles. The van der Waals surface area contributed by atoms with Crippen molar-refractivity contribution in [3.63, 3.8) is 0 Å². The number of nitrogens with two attached hydrogens (primary N) is 1. The number of rotatable bonds is 4. The van der Waals surface area contributed by atoms with Crippen molar-refractivity contribution in [2.24, 2.45) is 5.92 Å². The van der Waals surface area contributed by atoms with Crippen molar-refractivity contribution in [3.05, 3.63) is 65.2 Å². The Kier molecular flexibility index (Phi) is 6.64. The van der Waals surface area contributed by atoms with E-state index in [0.29, 0.717) is 17.2 Å². The van der Waals surface area contributed by atoms with Crippen LogP contribution in [0.15, 0.2) is 48.5 Å². The number of nitrogen functional groups attached to an aromatic ring is 1. The van der Waals surface area contributed by atoms with Crippen LogP contribution in [0.1, 0.15) is 41.4 Å². The smallest absolute Gasteiger partial charge is 0.254 e. The Balaban J connectivity index is 0.00000264. The van der Waals surface area contributed by atoms with Gasteiger partial charge in [0, 0.05) is 18.3 Å². The molecule has 0 spiro atoms. The molecule has 0 bridgehead atoms. The second kappa shape index (κ2) is 8.02. The summed E-state index contributed by atoms with van der Waals surface area (Å²) in [6.07, 6.45) is 0. The van der Waals surface area contributed by atoms with Crippen LogP contribution in [0.5, 0.6) is 0 Å². The highest BCUT2D eigenvalue weighted by atomic mass is 35.5. The SMILES string of the molecule is Cc1ccc(N)cc1C(=O)N(C)C(c1ccccc1)C(C)C.Cl. The molecule has 0 radical (unpaired) electrons. The van der Waals surface area contributed by atoms with Gasteiger partial charge in [-0.2, -0.15) is 0 Å². The van der Waals surface area contributed by atoms with Gasteiger partial charge in [0.15, 0.2) is 0 Å². The number of nitrogens with zero attached hydrogens (tertiary/aromatic N) is 1. The predicted octanol–water partition coefficient (Wildman–Crippen LogP) is 4.47. The highest BCUT2D eigenvalue weighted by Crippen LogP contribution is 2.29. The van der Waals surface area contributed by atoms with Gasteiger partial charge >= 0.3 is 0 Å². The fraction of sp³-hybridized carbons (Fsp3) is 0.316. The van der Waals surface area contributed by atoms with Gasteiger partial charge in [-0.05, 0) is 36.1 Å². The number of hydrogen-bond acceptors (Lipinski definition) is 2. The lowest BCUT2D eigenvalue weighted by Gasteiger charge is -2.32. The lowest BCUT2D eigenvalue weighted by molar-refractivity contribution is 0.0686. The summed E-state index contributed by atoms with van der Waals surface area (Å²) in [6.45, 7) is 6.20. The molecule has 2 N–H and O–H groups in total. The van der Waals surface area contributed by atoms with E-state index in [0.717, 1.165) is 11.1 Å². The summed E-state index contributed by atoms with van der Waals surface area (Å²) < 4.78 is 0. The van der Waals surface area contributed by atoms with Crippen molar-refractivity contribution in [1.82, 2.24) is 4.90 Å². The maximum absolute atomic E-state index is 12.9. The fourth-order valence-electron chi connectivity index (χ4n) is 2.89. The Bertz CT molecular complexity index is 656. The highest BCUT2D eigenvalue weighted by Gasteiger charge is 2.26. The highest BCUT2D eigenvalue weighted by molar-refractivity contribution is 5.96. The van der Waals surface area contributed by atoms with Crippen molar-refractivity contribution in [1.29, 1.82) is 0 Å². The van der Waals surface area contributed by atoms with Gasteiger partial charge < -0.3 is 10.6 Å². The Morgan fingerprint density at radius 1 is 1.09 bits per heavy atom. The number of anilines is 1. The average molecular weight is 333 g/mol. The van der Waals surface area contributed by atoms with E-state index in [1.165, 1.54) is 0 Å². The van der Waals surface area contributed by atoms with Gasteiger partial charge in [0.05, 0.1) is 6.04 Å². The third-order valence-corrected chi connectivity index (χ3v) is 4.00. The Morgan fingerprint density at radius 2 is 1.70 bits per heavy atom. The molecular weight excluding hydrogens is 308 g/mol. The first-order valence-corrected chi connectivity index (χ1v) is 7.60. The number of hydrogen-bond donors (Lipinski definition) is 1. The number of amides is 1. The first-order chi connectivity index (χ1) is 10.4. The minimum Gasteiger partial charge on any atom is -0.399 e. The molecule has 2 aromatic carbocycles. The zero-order valence-corrected chi connectivity index (χ0v) is 14.9. The molecule has 0 aliphatic carbocycles. The van der Waals surface area contributed by atoms with Crippen LogP contribution in [-0.4, -0.2) is 17.9 Å². The van der Waals surface area contributed by atoms with Crippen molar-refractivity contribution >= 4 is 24.0 Å². The molecule has 0 heterocycles. The number of carbonyl (C=O) groups is 1. The van der Waals surface area contributed by atoms with Crippen molar-refractivity contribution in [2.45, 2.75) is 26.8 Å². The molecule has 0 aliphatic rings. The van der Waals surface area contributed by atoms with E-state index in [1.54, 1.807) is 6.07 Å². The first kappa shape index (κ1) is 19.0. The van der Waals surface area contributed by atoms with E-state index in [9.17, 15) is 4.79 Å². The third-order valence-electron chi connectivity index (χ3n) is 4.00. The molecule has 1 unspecified atom stereocenters. The Hall–Kier alpha value is -2.00.